The van der Waals surface area contributed by atoms with E-state index in [-0.39, 0.29) is 11.8 Å². The molecule has 224 valence electrons. The zero-order valence-electron chi connectivity index (χ0n) is 21.6. The van der Waals surface area contributed by atoms with Gasteiger partial charge < -0.3 is 20.0 Å². The molecule has 2 aromatic heterocycles. The third-order valence-electron chi connectivity index (χ3n) is 6.18. The van der Waals surface area contributed by atoms with Crippen LogP contribution in [0.4, 0.5) is 26.3 Å². The maximum atomic E-state index is 13.2. The number of rotatable bonds is 3. The van der Waals surface area contributed by atoms with Crippen LogP contribution >= 0.6 is 0 Å². The van der Waals surface area contributed by atoms with Crippen molar-refractivity contribution in [2.24, 2.45) is 5.41 Å². The normalized spacial score (nSPS) is 18.7. The smallest absolute Gasteiger partial charge is 0.475 e. The summed E-state index contributed by atoms with van der Waals surface area (Å²) in [7, 11) is 0. The van der Waals surface area contributed by atoms with Gasteiger partial charge in [0, 0.05) is 44.3 Å². The second kappa shape index (κ2) is 13.4. The number of carbonyl (C=O) groups excluding carboxylic acids is 2. The van der Waals surface area contributed by atoms with Crippen molar-refractivity contribution >= 4 is 23.8 Å². The standard InChI is InChI=1S/C21H24N4O2.2C2HF3O2/c1-16-4-2-5-18(23-16)19(26)25-12-3-8-21(15-25)9-13-24(20(21)27)14-17-6-10-22-11-7-17;2*3-2(4,5)1(6)7/h2,4-7,10-11H,3,8-9,12-15H2,1H3;2*(H,6,7). The molecular formula is C25H26F6N4O6. The Bertz CT molecular complexity index is 1220. The zero-order valence-corrected chi connectivity index (χ0v) is 21.6. The summed E-state index contributed by atoms with van der Waals surface area (Å²) in [6, 6.07) is 9.37. The Hall–Kier alpha value is -4.24. The molecule has 2 N–H and O–H groups in total. The number of likely N-dealkylation sites (tertiary alicyclic amines) is 2. The first kappa shape index (κ1) is 33.0. The fraction of sp³-hybridized carbons (Fsp3) is 0.440. The van der Waals surface area contributed by atoms with E-state index >= 15 is 0 Å². The van der Waals surface area contributed by atoms with E-state index in [9.17, 15) is 35.9 Å². The van der Waals surface area contributed by atoms with Crippen molar-refractivity contribution in [2.45, 2.75) is 45.1 Å². The molecule has 16 heteroatoms. The van der Waals surface area contributed by atoms with Crippen molar-refractivity contribution in [2.75, 3.05) is 19.6 Å². The number of pyridine rings is 2. The third-order valence-corrected chi connectivity index (χ3v) is 6.18. The molecule has 0 aliphatic carbocycles. The lowest BCUT2D eigenvalue weighted by molar-refractivity contribution is -0.193. The first-order chi connectivity index (χ1) is 19.0. The highest BCUT2D eigenvalue weighted by molar-refractivity contribution is 5.93. The highest BCUT2D eigenvalue weighted by atomic mass is 19.4. The zero-order chi connectivity index (χ0) is 31.0. The number of hydrogen-bond donors (Lipinski definition) is 2. The number of piperidine rings is 1. The molecule has 41 heavy (non-hydrogen) atoms. The van der Waals surface area contributed by atoms with Gasteiger partial charge in [0.25, 0.3) is 5.91 Å². The van der Waals surface area contributed by atoms with Crippen LogP contribution in [-0.4, -0.2) is 85.7 Å². The largest absolute Gasteiger partial charge is 0.490 e. The van der Waals surface area contributed by atoms with Crippen molar-refractivity contribution in [1.29, 1.82) is 0 Å². The van der Waals surface area contributed by atoms with Gasteiger partial charge in [-0.1, -0.05) is 6.07 Å². The Morgan fingerprint density at radius 1 is 0.927 bits per heavy atom. The molecule has 4 rings (SSSR count). The quantitative estimate of drug-likeness (QED) is 0.514. The number of hydrogen-bond acceptors (Lipinski definition) is 6. The molecule has 1 atom stereocenters. The first-order valence-electron chi connectivity index (χ1n) is 12.0. The van der Waals surface area contributed by atoms with Crippen LogP contribution in [0.3, 0.4) is 0 Å². The lowest BCUT2D eigenvalue weighted by Gasteiger charge is -2.39. The molecule has 4 heterocycles. The Balaban J connectivity index is 0.000000349. The van der Waals surface area contributed by atoms with Gasteiger partial charge in [-0.25, -0.2) is 14.6 Å². The van der Waals surface area contributed by atoms with Crippen molar-refractivity contribution in [1.82, 2.24) is 19.8 Å². The number of halogens is 6. The number of aryl methyl sites for hydroxylation is 1. The molecule has 2 aliphatic rings. The van der Waals surface area contributed by atoms with Crippen molar-refractivity contribution < 1.29 is 55.7 Å². The first-order valence-corrected chi connectivity index (χ1v) is 12.0. The molecule has 0 radical (unpaired) electrons. The summed E-state index contributed by atoms with van der Waals surface area (Å²) in [4.78, 5) is 56.0. The van der Waals surface area contributed by atoms with E-state index < -0.39 is 29.7 Å². The summed E-state index contributed by atoms with van der Waals surface area (Å²) in [6.45, 7) is 4.41. The van der Waals surface area contributed by atoms with Crippen LogP contribution in [0, 0.1) is 12.3 Å². The van der Waals surface area contributed by atoms with E-state index in [1.165, 1.54) is 0 Å². The molecular weight excluding hydrogens is 566 g/mol. The van der Waals surface area contributed by atoms with Crippen LogP contribution in [-0.2, 0) is 20.9 Å². The van der Waals surface area contributed by atoms with Gasteiger partial charge in [0.2, 0.25) is 5.91 Å². The molecule has 0 bridgehead atoms. The van der Waals surface area contributed by atoms with Gasteiger partial charge in [0.05, 0.1) is 5.41 Å². The number of nitrogens with zero attached hydrogens (tertiary/aromatic N) is 4. The molecule has 0 aromatic carbocycles. The fourth-order valence-corrected chi connectivity index (χ4v) is 4.26. The minimum atomic E-state index is -5.08. The second-order valence-electron chi connectivity index (χ2n) is 9.21. The van der Waals surface area contributed by atoms with E-state index in [0.29, 0.717) is 25.3 Å². The number of carboxylic acids is 2. The predicted molar refractivity (Wildman–Crippen MR) is 128 cm³/mol. The number of aromatic nitrogens is 2. The van der Waals surface area contributed by atoms with Crippen molar-refractivity contribution in [3.63, 3.8) is 0 Å². The molecule has 1 spiro atoms. The molecule has 1 unspecified atom stereocenters. The van der Waals surface area contributed by atoms with Gasteiger partial charge in [-0.05, 0) is 56.0 Å². The third kappa shape index (κ3) is 9.42. The van der Waals surface area contributed by atoms with E-state index in [0.717, 1.165) is 37.1 Å². The second-order valence-corrected chi connectivity index (χ2v) is 9.21. The lowest BCUT2D eigenvalue weighted by Crippen LogP contribution is -2.49. The summed E-state index contributed by atoms with van der Waals surface area (Å²) in [5.74, 6) is -5.41. The summed E-state index contributed by atoms with van der Waals surface area (Å²) >= 11 is 0. The van der Waals surface area contributed by atoms with Gasteiger partial charge in [-0.15, -0.1) is 0 Å². The molecule has 0 saturated carbocycles. The summed E-state index contributed by atoms with van der Waals surface area (Å²) in [6.07, 6.45) is -4.15. The highest BCUT2D eigenvalue weighted by Crippen LogP contribution is 2.41. The molecule has 2 fully saturated rings. The molecule has 2 aromatic rings. The minimum Gasteiger partial charge on any atom is -0.475 e. The number of amides is 2. The van der Waals surface area contributed by atoms with E-state index in [4.69, 9.17) is 19.8 Å². The van der Waals surface area contributed by atoms with E-state index in [1.807, 2.05) is 41.0 Å². The summed E-state index contributed by atoms with van der Waals surface area (Å²) in [5.41, 5.74) is 1.94. The summed E-state index contributed by atoms with van der Waals surface area (Å²) in [5, 5.41) is 14.2. The van der Waals surface area contributed by atoms with Gasteiger partial charge in [-0.2, -0.15) is 26.3 Å². The van der Waals surface area contributed by atoms with Crippen LogP contribution in [0.2, 0.25) is 0 Å². The minimum absolute atomic E-state index is 0.0711. The molecule has 2 aliphatic heterocycles. The maximum Gasteiger partial charge on any atom is 0.490 e. The average Bonchev–Trinajstić information content (AvgIpc) is 3.18. The van der Waals surface area contributed by atoms with Crippen LogP contribution in [0.1, 0.15) is 41.0 Å². The Morgan fingerprint density at radius 3 is 2.00 bits per heavy atom. The predicted octanol–water partition coefficient (Wildman–Crippen LogP) is 3.71. The summed E-state index contributed by atoms with van der Waals surface area (Å²) < 4.78 is 63.5. The van der Waals surface area contributed by atoms with E-state index in [1.54, 1.807) is 18.5 Å². The SMILES string of the molecule is Cc1cccc(C(=O)N2CCCC3(CCN(Cc4ccncc4)C3=O)C2)n1.O=C(O)C(F)(F)F.O=C(O)C(F)(F)F. The fourth-order valence-electron chi connectivity index (χ4n) is 4.26. The number of carboxylic acid groups (broad SMARTS) is 2. The monoisotopic (exact) mass is 592 g/mol. The number of aliphatic carboxylic acids is 2. The van der Waals surface area contributed by atoms with Crippen molar-refractivity contribution in [3.05, 3.63) is 59.7 Å². The van der Waals surface area contributed by atoms with Crippen LogP contribution < -0.4 is 0 Å². The van der Waals surface area contributed by atoms with Gasteiger partial charge in [0.15, 0.2) is 0 Å². The van der Waals surface area contributed by atoms with Crippen LogP contribution in [0.25, 0.3) is 0 Å². The van der Waals surface area contributed by atoms with Crippen molar-refractivity contribution in [3.8, 4) is 0 Å². The van der Waals surface area contributed by atoms with Gasteiger partial charge in [0.1, 0.15) is 5.69 Å². The van der Waals surface area contributed by atoms with Crippen LogP contribution in [0.15, 0.2) is 42.7 Å². The molecule has 10 nitrogen and oxygen atoms in total. The topological polar surface area (TPSA) is 141 Å². The Kier molecular flexibility index (Phi) is 10.8. The highest BCUT2D eigenvalue weighted by Gasteiger charge is 2.49. The van der Waals surface area contributed by atoms with Crippen LogP contribution in [0.5, 0.6) is 0 Å². The molecule has 2 saturated heterocycles. The molecule has 2 amide bonds. The Morgan fingerprint density at radius 2 is 1.49 bits per heavy atom. The lowest BCUT2D eigenvalue weighted by atomic mass is 9.78. The van der Waals surface area contributed by atoms with E-state index in [2.05, 4.69) is 9.97 Å². The maximum absolute atomic E-state index is 13.2. The van der Waals surface area contributed by atoms with Gasteiger partial charge >= 0.3 is 24.3 Å². The number of alkyl halides is 6. The average molecular weight is 592 g/mol. The van der Waals surface area contributed by atoms with Gasteiger partial charge in [-0.3, -0.25) is 14.6 Å². The Labute approximate surface area is 229 Å². The number of carbonyl (C=O) groups is 4.